The molecule has 0 unspecified atom stereocenters. The van der Waals surface area contributed by atoms with Crippen molar-refractivity contribution in [1.82, 2.24) is 4.90 Å². The lowest BCUT2D eigenvalue weighted by molar-refractivity contribution is 0.0773. The summed E-state index contributed by atoms with van der Waals surface area (Å²) in [5, 5.41) is 5.95. The largest absolute Gasteiger partial charge is 0.339 e. The van der Waals surface area contributed by atoms with E-state index in [0.717, 1.165) is 0 Å². The van der Waals surface area contributed by atoms with Gasteiger partial charge in [0.05, 0.1) is 0 Å². The number of carbonyl (C=O) groups excluding carboxylic acids is 2. The van der Waals surface area contributed by atoms with Crippen LogP contribution in [0.4, 0.5) is 16.2 Å². The first-order valence-electron chi connectivity index (χ1n) is 7.76. The summed E-state index contributed by atoms with van der Waals surface area (Å²) in [6.45, 7) is 5.15. The zero-order valence-corrected chi connectivity index (χ0v) is 14.4. The summed E-state index contributed by atoms with van der Waals surface area (Å²) >= 11 is 5.89. The third kappa shape index (κ3) is 4.73. The van der Waals surface area contributed by atoms with Crippen LogP contribution < -0.4 is 10.6 Å². The van der Waals surface area contributed by atoms with Crippen molar-refractivity contribution in [2.45, 2.75) is 13.8 Å². The SMILES string of the molecule is CCN(CC)C(=O)c1cccc(NC(=O)Nc2cccc(Cl)c2)c1. The number of urea groups is 1. The molecule has 0 aliphatic heterocycles. The Morgan fingerprint density at radius 3 is 2.12 bits per heavy atom. The summed E-state index contributed by atoms with van der Waals surface area (Å²) in [7, 11) is 0. The second-order valence-corrected chi connectivity index (χ2v) is 5.58. The Balaban J connectivity index is 2.06. The van der Waals surface area contributed by atoms with Gasteiger partial charge in [-0.1, -0.05) is 23.7 Å². The van der Waals surface area contributed by atoms with Gasteiger partial charge in [-0.05, 0) is 50.2 Å². The van der Waals surface area contributed by atoms with Crippen LogP contribution in [0.25, 0.3) is 0 Å². The van der Waals surface area contributed by atoms with Crippen LogP contribution in [-0.2, 0) is 0 Å². The molecule has 0 aromatic heterocycles. The highest BCUT2D eigenvalue weighted by Crippen LogP contribution is 2.16. The van der Waals surface area contributed by atoms with Crippen LogP contribution in [0.3, 0.4) is 0 Å². The average Bonchev–Trinajstić information content (AvgIpc) is 2.56. The van der Waals surface area contributed by atoms with Crippen LogP contribution in [0.2, 0.25) is 5.02 Å². The third-order valence-corrected chi connectivity index (χ3v) is 3.74. The molecule has 0 aliphatic rings. The summed E-state index contributed by atoms with van der Waals surface area (Å²) in [6, 6.07) is 13.4. The fraction of sp³-hybridized carbons (Fsp3) is 0.222. The highest BCUT2D eigenvalue weighted by atomic mass is 35.5. The summed E-state index contributed by atoms with van der Waals surface area (Å²) in [5.74, 6) is -0.0566. The zero-order valence-electron chi connectivity index (χ0n) is 13.7. The van der Waals surface area contributed by atoms with Gasteiger partial charge in [0.1, 0.15) is 0 Å². The minimum atomic E-state index is -0.398. The van der Waals surface area contributed by atoms with Crippen LogP contribution in [0, 0.1) is 0 Å². The van der Waals surface area contributed by atoms with Crippen LogP contribution in [-0.4, -0.2) is 29.9 Å². The van der Waals surface area contributed by atoms with Gasteiger partial charge in [-0.25, -0.2) is 4.79 Å². The number of rotatable bonds is 5. The number of carbonyl (C=O) groups is 2. The Morgan fingerprint density at radius 1 is 0.958 bits per heavy atom. The molecule has 2 aromatic rings. The number of nitrogens with zero attached hydrogens (tertiary/aromatic N) is 1. The quantitative estimate of drug-likeness (QED) is 0.840. The number of nitrogens with one attached hydrogen (secondary N) is 2. The minimum Gasteiger partial charge on any atom is -0.339 e. The van der Waals surface area contributed by atoms with E-state index in [1.165, 1.54) is 0 Å². The maximum atomic E-state index is 12.4. The van der Waals surface area contributed by atoms with Crippen molar-refractivity contribution in [2.75, 3.05) is 23.7 Å². The van der Waals surface area contributed by atoms with E-state index in [4.69, 9.17) is 11.6 Å². The van der Waals surface area contributed by atoms with Gasteiger partial charge in [0.25, 0.3) is 5.91 Å². The molecule has 0 fully saturated rings. The highest BCUT2D eigenvalue weighted by Gasteiger charge is 2.13. The van der Waals surface area contributed by atoms with Crippen molar-refractivity contribution in [2.24, 2.45) is 0 Å². The Morgan fingerprint density at radius 2 is 1.54 bits per heavy atom. The standard InChI is InChI=1S/C18H20ClN3O2/c1-3-22(4-2)17(23)13-7-5-9-15(11-13)20-18(24)21-16-10-6-8-14(19)12-16/h5-12H,3-4H2,1-2H3,(H2,20,21,24). The molecular formula is C18H20ClN3O2. The molecule has 0 heterocycles. The van der Waals surface area contributed by atoms with Gasteiger partial charge in [-0.2, -0.15) is 0 Å². The molecule has 0 saturated carbocycles. The lowest BCUT2D eigenvalue weighted by atomic mass is 10.1. The number of hydrogen-bond donors (Lipinski definition) is 2. The minimum absolute atomic E-state index is 0.0566. The fourth-order valence-corrected chi connectivity index (χ4v) is 2.47. The van der Waals surface area contributed by atoms with E-state index >= 15 is 0 Å². The number of hydrogen-bond acceptors (Lipinski definition) is 2. The lowest BCUT2D eigenvalue weighted by Crippen LogP contribution is -2.30. The van der Waals surface area contributed by atoms with Gasteiger partial charge in [-0.15, -0.1) is 0 Å². The monoisotopic (exact) mass is 345 g/mol. The lowest BCUT2D eigenvalue weighted by Gasteiger charge is -2.19. The topological polar surface area (TPSA) is 61.4 Å². The Bertz CT molecular complexity index is 730. The van der Waals surface area contributed by atoms with Crippen molar-refractivity contribution in [3.05, 3.63) is 59.1 Å². The van der Waals surface area contributed by atoms with E-state index in [1.807, 2.05) is 13.8 Å². The second kappa shape index (κ2) is 8.36. The second-order valence-electron chi connectivity index (χ2n) is 5.15. The highest BCUT2D eigenvalue weighted by molar-refractivity contribution is 6.30. The van der Waals surface area contributed by atoms with E-state index in [0.29, 0.717) is 35.1 Å². The Kier molecular flexibility index (Phi) is 6.21. The summed E-state index contributed by atoms with van der Waals surface area (Å²) in [5.41, 5.74) is 1.68. The molecule has 0 bridgehead atoms. The summed E-state index contributed by atoms with van der Waals surface area (Å²) in [4.78, 5) is 26.1. The maximum Gasteiger partial charge on any atom is 0.323 e. The number of amides is 3. The smallest absolute Gasteiger partial charge is 0.323 e. The number of benzene rings is 2. The summed E-state index contributed by atoms with van der Waals surface area (Å²) in [6.07, 6.45) is 0. The third-order valence-electron chi connectivity index (χ3n) is 3.50. The van der Waals surface area contributed by atoms with E-state index < -0.39 is 6.03 Å². The Hall–Kier alpha value is -2.53. The molecule has 0 aliphatic carbocycles. The van der Waals surface area contributed by atoms with Gasteiger partial charge in [-0.3, -0.25) is 4.79 Å². The predicted molar refractivity (Wildman–Crippen MR) is 97.8 cm³/mol. The number of anilines is 2. The van der Waals surface area contributed by atoms with Crippen molar-refractivity contribution >= 4 is 34.9 Å². The van der Waals surface area contributed by atoms with Gasteiger partial charge in [0.2, 0.25) is 0 Å². The number of halogens is 1. The van der Waals surface area contributed by atoms with Crippen LogP contribution >= 0.6 is 11.6 Å². The normalized spacial score (nSPS) is 10.1. The molecule has 2 N–H and O–H groups in total. The van der Waals surface area contributed by atoms with Crippen LogP contribution in [0.5, 0.6) is 0 Å². The van der Waals surface area contributed by atoms with Gasteiger partial charge < -0.3 is 15.5 Å². The molecule has 2 rings (SSSR count). The molecule has 0 radical (unpaired) electrons. The van der Waals surface area contributed by atoms with Crippen molar-refractivity contribution in [1.29, 1.82) is 0 Å². The van der Waals surface area contributed by atoms with Crippen molar-refractivity contribution < 1.29 is 9.59 Å². The molecule has 0 atom stereocenters. The van der Waals surface area contributed by atoms with E-state index in [9.17, 15) is 9.59 Å². The molecule has 2 aromatic carbocycles. The van der Waals surface area contributed by atoms with E-state index in [2.05, 4.69) is 10.6 Å². The van der Waals surface area contributed by atoms with Crippen molar-refractivity contribution in [3.63, 3.8) is 0 Å². The van der Waals surface area contributed by atoms with Crippen LogP contribution in [0.15, 0.2) is 48.5 Å². The molecule has 5 nitrogen and oxygen atoms in total. The Labute approximate surface area is 146 Å². The molecule has 126 valence electrons. The van der Waals surface area contributed by atoms with Crippen molar-refractivity contribution in [3.8, 4) is 0 Å². The van der Waals surface area contributed by atoms with Crippen LogP contribution in [0.1, 0.15) is 24.2 Å². The van der Waals surface area contributed by atoms with Gasteiger partial charge in [0, 0.05) is 35.1 Å². The molecule has 3 amide bonds. The molecule has 6 heteroatoms. The first kappa shape index (κ1) is 17.8. The fourth-order valence-electron chi connectivity index (χ4n) is 2.28. The average molecular weight is 346 g/mol. The first-order valence-corrected chi connectivity index (χ1v) is 8.14. The molecule has 0 spiro atoms. The maximum absolute atomic E-state index is 12.4. The summed E-state index contributed by atoms with van der Waals surface area (Å²) < 4.78 is 0. The molecule has 0 saturated heterocycles. The zero-order chi connectivity index (χ0) is 17.5. The van der Waals surface area contributed by atoms with Gasteiger partial charge in [0.15, 0.2) is 0 Å². The first-order chi connectivity index (χ1) is 11.5. The van der Waals surface area contributed by atoms with Gasteiger partial charge >= 0.3 is 6.03 Å². The van der Waals surface area contributed by atoms with E-state index in [-0.39, 0.29) is 5.91 Å². The molecular weight excluding hydrogens is 326 g/mol. The predicted octanol–water partition coefficient (Wildman–Crippen LogP) is 4.47. The molecule has 24 heavy (non-hydrogen) atoms. The van der Waals surface area contributed by atoms with E-state index in [1.54, 1.807) is 53.4 Å².